The van der Waals surface area contributed by atoms with Gasteiger partial charge in [0.25, 0.3) is 11.5 Å². The lowest BCUT2D eigenvalue weighted by Crippen LogP contribution is -2.29. The fourth-order valence-corrected chi connectivity index (χ4v) is 3.50. The van der Waals surface area contributed by atoms with Crippen molar-refractivity contribution in [2.45, 2.75) is 6.54 Å². The number of halogens is 1. The molecule has 5 nitrogen and oxygen atoms in total. The number of aryl methyl sites for hydroxylation is 1. The van der Waals surface area contributed by atoms with E-state index in [0.29, 0.717) is 34.4 Å². The molecule has 4 aromatic rings. The Balaban J connectivity index is 1.55. The van der Waals surface area contributed by atoms with E-state index in [1.165, 1.54) is 4.57 Å². The van der Waals surface area contributed by atoms with Gasteiger partial charge in [0.05, 0.1) is 5.56 Å². The largest absolute Gasteiger partial charge is 0.350 e. The number of nitrogens with one attached hydrogen (secondary N) is 1. The molecule has 0 radical (unpaired) electrons. The van der Waals surface area contributed by atoms with E-state index in [-0.39, 0.29) is 11.5 Å². The Hall–Kier alpha value is -3.05. The van der Waals surface area contributed by atoms with Gasteiger partial charge >= 0.3 is 0 Å². The van der Waals surface area contributed by atoms with Crippen LogP contribution < -0.4 is 10.9 Å². The molecule has 0 bridgehead atoms. The van der Waals surface area contributed by atoms with Crippen LogP contribution in [0.15, 0.2) is 65.7 Å². The molecule has 2 aromatic carbocycles. The Kier molecular flexibility index (Phi) is 4.46. The van der Waals surface area contributed by atoms with Crippen molar-refractivity contribution in [2.24, 2.45) is 7.05 Å². The highest BCUT2D eigenvalue weighted by Crippen LogP contribution is 2.20. The van der Waals surface area contributed by atoms with Gasteiger partial charge in [-0.05, 0) is 29.7 Å². The highest BCUT2D eigenvalue weighted by atomic mass is 35.5. The monoisotopic (exact) mass is 379 g/mol. The van der Waals surface area contributed by atoms with Gasteiger partial charge in [-0.2, -0.15) is 0 Å². The lowest BCUT2D eigenvalue weighted by atomic mass is 10.1. The number of nitrogens with zero attached hydrogens (tertiary/aromatic N) is 2. The Morgan fingerprint density at radius 2 is 1.89 bits per heavy atom. The number of carbonyl (C=O) groups is 1. The Morgan fingerprint density at radius 3 is 2.70 bits per heavy atom. The maximum atomic E-state index is 12.7. The molecule has 0 spiro atoms. The molecule has 0 aliphatic rings. The first-order valence-corrected chi connectivity index (χ1v) is 9.03. The zero-order valence-electron chi connectivity index (χ0n) is 14.8. The lowest BCUT2D eigenvalue weighted by molar-refractivity contribution is 0.0953. The number of hydrogen-bond donors (Lipinski definition) is 1. The predicted octanol–water partition coefficient (Wildman–Crippen LogP) is 3.58. The van der Waals surface area contributed by atoms with Crippen LogP contribution in [-0.2, 0) is 13.6 Å². The summed E-state index contributed by atoms with van der Waals surface area (Å²) in [4.78, 5) is 25.0. The number of fused-ring (bicyclic) bond motifs is 2. The molecule has 2 heterocycles. The summed E-state index contributed by atoms with van der Waals surface area (Å²) in [5, 5.41) is 5.94. The number of benzene rings is 2. The van der Waals surface area contributed by atoms with Crippen LogP contribution in [0.25, 0.3) is 21.7 Å². The predicted molar refractivity (Wildman–Crippen MR) is 108 cm³/mol. The average molecular weight is 380 g/mol. The first-order chi connectivity index (χ1) is 13.0. The number of hydrogen-bond acceptors (Lipinski definition) is 2. The first kappa shape index (κ1) is 17.4. The van der Waals surface area contributed by atoms with Crippen molar-refractivity contribution in [2.75, 3.05) is 6.54 Å². The molecule has 0 aliphatic carbocycles. The summed E-state index contributed by atoms with van der Waals surface area (Å²) in [6.45, 7) is 1.09. The number of aromatic nitrogens is 2. The molecule has 0 atom stereocenters. The van der Waals surface area contributed by atoms with Gasteiger partial charge in [-0.1, -0.05) is 35.9 Å². The molecule has 0 unspecified atom stereocenters. The molecule has 6 heteroatoms. The van der Waals surface area contributed by atoms with Crippen molar-refractivity contribution >= 4 is 39.2 Å². The van der Waals surface area contributed by atoms with Gasteiger partial charge in [0.15, 0.2) is 0 Å². The lowest BCUT2D eigenvalue weighted by Gasteiger charge is -2.11. The second-order valence-electron chi connectivity index (χ2n) is 6.47. The SMILES string of the molecule is Cn1cc(C(=O)NCCn2ccc3ccc(Cl)cc32)c2ccccc2c1=O. The quantitative estimate of drug-likeness (QED) is 0.589. The second kappa shape index (κ2) is 6.93. The summed E-state index contributed by atoms with van der Waals surface area (Å²) in [7, 11) is 1.65. The van der Waals surface area contributed by atoms with Gasteiger partial charge < -0.3 is 14.5 Å². The van der Waals surface area contributed by atoms with E-state index in [9.17, 15) is 9.59 Å². The van der Waals surface area contributed by atoms with Gasteiger partial charge in [0, 0.05) is 53.8 Å². The minimum absolute atomic E-state index is 0.113. The maximum absolute atomic E-state index is 12.7. The third-order valence-electron chi connectivity index (χ3n) is 4.71. The maximum Gasteiger partial charge on any atom is 0.258 e. The Labute approximate surface area is 160 Å². The number of amides is 1. The summed E-state index contributed by atoms with van der Waals surface area (Å²) < 4.78 is 3.50. The van der Waals surface area contributed by atoms with Crippen molar-refractivity contribution < 1.29 is 4.79 Å². The van der Waals surface area contributed by atoms with Crippen LogP contribution in [0.2, 0.25) is 5.02 Å². The van der Waals surface area contributed by atoms with Crippen LogP contribution >= 0.6 is 11.6 Å². The highest BCUT2D eigenvalue weighted by molar-refractivity contribution is 6.31. The van der Waals surface area contributed by atoms with Crippen LogP contribution in [0.1, 0.15) is 10.4 Å². The molecule has 1 amide bonds. The number of rotatable bonds is 4. The standard InChI is InChI=1S/C21H18ClN3O2/c1-24-13-18(16-4-2-3-5-17(16)21(24)27)20(26)23-9-11-25-10-8-14-6-7-15(22)12-19(14)25/h2-8,10,12-13H,9,11H2,1H3,(H,23,26). The van der Waals surface area contributed by atoms with E-state index in [1.807, 2.05) is 36.5 Å². The van der Waals surface area contributed by atoms with Crippen LogP contribution in [0, 0.1) is 0 Å². The third-order valence-corrected chi connectivity index (χ3v) is 4.94. The normalized spacial score (nSPS) is 11.2. The minimum atomic E-state index is -0.198. The molecule has 4 rings (SSSR count). The Bertz CT molecular complexity index is 1220. The fourth-order valence-electron chi connectivity index (χ4n) is 3.33. The average Bonchev–Trinajstić information content (AvgIpc) is 3.07. The second-order valence-corrected chi connectivity index (χ2v) is 6.91. The summed E-state index contributed by atoms with van der Waals surface area (Å²) in [5.41, 5.74) is 1.41. The molecular formula is C21H18ClN3O2. The number of pyridine rings is 1. The van der Waals surface area contributed by atoms with Crippen LogP contribution in [-0.4, -0.2) is 21.6 Å². The van der Waals surface area contributed by atoms with Gasteiger partial charge in [-0.25, -0.2) is 0 Å². The van der Waals surface area contributed by atoms with E-state index in [2.05, 4.69) is 9.88 Å². The van der Waals surface area contributed by atoms with Gasteiger partial charge in [-0.3, -0.25) is 9.59 Å². The van der Waals surface area contributed by atoms with E-state index >= 15 is 0 Å². The summed E-state index contributed by atoms with van der Waals surface area (Å²) in [6, 6.07) is 14.9. The Morgan fingerprint density at radius 1 is 1.11 bits per heavy atom. The van der Waals surface area contributed by atoms with Crippen molar-refractivity contribution in [3.05, 3.63) is 81.9 Å². The molecule has 0 aliphatic heterocycles. The highest BCUT2D eigenvalue weighted by Gasteiger charge is 2.13. The van der Waals surface area contributed by atoms with Crippen molar-refractivity contribution in [3.8, 4) is 0 Å². The first-order valence-electron chi connectivity index (χ1n) is 8.65. The molecule has 2 aromatic heterocycles. The zero-order valence-corrected chi connectivity index (χ0v) is 15.5. The van der Waals surface area contributed by atoms with Gasteiger partial charge in [0.1, 0.15) is 0 Å². The minimum Gasteiger partial charge on any atom is -0.350 e. The van der Waals surface area contributed by atoms with Crippen molar-refractivity contribution in [1.29, 1.82) is 0 Å². The molecule has 0 fully saturated rings. The van der Waals surface area contributed by atoms with Crippen LogP contribution in [0.5, 0.6) is 0 Å². The van der Waals surface area contributed by atoms with Crippen molar-refractivity contribution in [3.63, 3.8) is 0 Å². The van der Waals surface area contributed by atoms with Crippen LogP contribution in [0.3, 0.4) is 0 Å². The summed E-state index contributed by atoms with van der Waals surface area (Å²) >= 11 is 6.08. The van der Waals surface area contributed by atoms with E-state index in [1.54, 1.807) is 31.4 Å². The molecule has 27 heavy (non-hydrogen) atoms. The summed E-state index contributed by atoms with van der Waals surface area (Å²) in [5.74, 6) is -0.198. The third kappa shape index (κ3) is 3.22. The zero-order chi connectivity index (χ0) is 19.0. The molecule has 136 valence electrons. The molecule has 0 saturated heterocycles. The topological polar surface area (TPSA) is 56.0 Å². The van der Waals surface area contributed by atoms with Crippen LogP contribution in [0.4, 0.5) is 0 Å². The van der Waals surface area contributed by atoms with E-state index in [4.69, 9.17) is 11.6 Å². The number of carbonyl (C=O) groups excluding carboxylic acids is 1. The molecule has 0 saturated carbocycles. The smallest absolute Gasteiger partial charge is 0.258 e. The fraction of sp³-hybridized carbons (Fsp3) is 0.143. The molecule has 1 N–H and O–H groups in total. The molecular weight excluding hydrogens is 362 g/mol. The van der Waals surface area contributed by atoms with Gasteiger partial charge in [0.2, 0.25) is 0 Å². The summed E-state index contributed by atoms with van der Waals surface area (Å²) in [6.07, 6.45) is 3.57. The van der Waals surface area contributed by atoms with Gasteiger partial charge in [-0.15, -0.1) is 0 Å². The van der Waals surface area contributed by atoms with E-state index < -0.39 is 0 Å². The van der Waals surface area contributed by atoms with Crippen molar-refractivity contribution in [1.82, 2.24) is 14.5 Å². The van der Waals surface area contributed by atoms with E-state index in [0.717, 1.165) is 10.9 Å².